The van der Waals surface area contributed by atoms with Gasteiger partial charge in [0.1, 0.15) is 11.4 Å². The number of hydrogen-bond acceptors (Lipinski definition) is 6. The summed E-state index contributed by atoms with van der Waals surface area (Å²) in [5, 5.41) is 16.2. The molecular weight excluding hydrogens is 526 g/mol. The maximum Gasteiger partial charge on any atom is 0.502 e. The van der Waals surface area contributed by atoms with Gasteiger partial charge in [-0.3, -0.25) is 5.41 Å². The van der Waals surface area contributed by atoms with E-state index in [9.17, 15) is 43.2 Å². The molecule has 2 N–H and O–H groups in total. The zero-order chi connectivity index (χ0) is 27.2. The van der Waals surface area contributed by atoms with Crippen LogP contribution < -0.4 is 0 Å². The molecule has 7 nitrogen and oxygen atoms in total. The average Bonchev–Trinajstić information content (AvgIpc) is 3.04. The van der Waals surface area contributed by atoms with Gasteiger partial charge in [-0.05, 0) is 28.9 Å². The molecule has 0 radical (unpaired) electrons. The summed E-state index contributed by atoms with van der Waals surface area (Å²) in [6.45, 7) is 1.11. The summed E-state index contributed by atoms with van der Waals surface area (Å²) in [6.07, 6.45) is 1.32. The first-order valence-corrected chi connectivity index (χ1v) is 12.5. The predicted molar refractivity (Wildman–Crippen MR) is 117 cm³/mol. The molecule has 0 saturated heterocycles. The van der Waals surface area contributed by atoms with Gasteiger partial charge in [0.2, 0.25) is 0 Å². The van der Waals surface area contributed by atoms with Gasteiger partial charge in [-0.1, -0.05) is 24.3 Å². The van der Waals surface area contributed by atoms with Crippen molar-refractivity contribution in [2.24, 2.45) is 0 Å². The summed E-state index contributed by atoms with van der Waals surface area (Å²) in [4.78, 5) is -4.38. The normalized spacial score (nSPS) is 16.7. The minimum Gasteiger partial charge on any atom is -0.391 e. The highest BCUT2D eigenvalue weighted by Gasteiger charge is 2.57. The monoisotopic (exact) mass is 547 g/mol. The van der Waals surface area contributed by atoms with E-state index in [-0.39, 0.29) is 29.4 Å². The highest BCUT2D eigenvalue weighted by Crippen LogP contribution is 2.47. The average molecular weight is 548 g/mol. The first kappa shape index (κ1) is 28.7. The fraction of sp³-hybridized carbons (Fsp3) is 0.350. The third kappa shape index (κ3) is 5.52. The van der Waals surface area contributed by atoms with E-state index < -0.39 is 51.8 Å². The number of quaternary nitrogens is 1. The molecule has 3 rings (SSSR count). The number of nitrogens with one attached hydrogen (secondary N) is 1. The quantitative estimate of drug-likeness (QED) is 0.444. The van der Waals surface area contributed by atoms with Gasteiger partial charge >= 0.3 is 11.0 Å². The van der Waals surface area contributed by atoms with E-state index in [0.717, 1.165) is 17.1 Å². The molecule has 0 saturated carbocycles. The van der Waals surface area contributed by atoms with Crippen LogP contribution in [-0.2, 0) is 19.7 Å². The molecule has 0 unspecified atom stereocenters. The highest BCUT2D eigenvalue weighted by atomic mass is 32.2. The Balaban J connectivity index is 0.000000540. The van der Waals surface area contributed by atoms with E-state index in [0.29, 0.717) is 0 Å². The van der Waals surface area contributed by atoms with Crippen molar-refractivity contribution in [3.05, 3.63) is 56.9 Å². The van der Waals surface area contributed by atoms with Gasteiger partial charge in [-0.25, -0.2) is 16.8 Å². The number of benzene rings is 1. The van der Waals surface area contributed by atoms with Gasteiger partial charge in [0, 0.05) is 5.57 Å². The van der Waals surface area contributed by atoms with Gasteiger partial charge < -0.3 is 9.59 Å². The number of hydrogen-bond donors (Lipinski definition) is 2. The molecule has 194 valence electrons. The zero-order valence-electron chi connectivity index (χ0n) is 18.5. The molecule has 0 heterocycles. The van der Waals surface area contributed by atoms with Crippen LogP contribution in [0.3, 0.4) is 0 Å². The minimum absolute atomic E-state index is 0.153. The van der Waals surface area contributed by atoms with Crippen molar-refractivity contribution in [1.82, 2.24) is 0 Å². The molecular formula is C20H21F6N2O5S2+. The summed E-state index contributed by atoms with van der Waals surface area (Å²) < 4.78 is 126. The Morgan fingerprint density at radius 3 is 1.80 bits per heavy atom. The highest BCUT2D eigenvalue weighted by molar-refractivity contribution is 8.00. The second-order valence-corrected chi connectivity index (χ2v) is 12.2. The fourth-order valence-corrected chi connectivity index (χ4v) is 5.52. The van der Waals surface area contributed by atoms with Crippen LogP contribution in [0.5, 0.6) is 0 Å². The lowest BCUT2D eigenvalue weighted by atomic mass is 9.95. The second-order valence-electron chi connectivity index (χ2n) is 8.41. The number of allylic oxidation sites excluding steroid dienone is 4. The molecule has 15 heteroatoms. The van der Waals surface area contributed by atoms with Crippen LogP contribution in [0.15, 0.2) is 45.7 Å². The molecule has 2 aliphatic rings. The summed E-state index contributed by atoms with van der Waals surface area (Å²) in [6, 6.07) is 5.69. The van der Waals surface area contributed by atoms with Crippen molar-refractivity contribution < 1.29 is 52.8 Å². The lowest BCUT2D eigenvalue weighted by Crippen LogP contribution is -2.36. The van der Waals surface area contributed by atoms with Crippen molar-refractivity contribution in [3.63, 3.8) is 0 Å². The summed E-state index contributed by atoms with van der Waals surface area (Å²) >= 11 is 0. The van der Waals surface area contributed by atoms with Gasteiger partial charge in [-0.15, -0.1) is 0 Å². The molecule has 2 aliphatic carbocycles. The van der Waals surface area contributed by atoms with E-state index in [2.05, 4.69) is 21.1 Å². The van der Waals surface area contributed by atoms with Gasteiger partial charge in [0.25, 0.3) is 19.7 Å². The molecule has 35 heavy (non-hydrogen) atoms. The SMILES string of the molecule is C[N+](C)(C)CCO.N=C1C2=Cc3ccccc3C2=CC(S(=O)(=O)C(F)(F)F)=C1S(=O)(=O)C(F)(F)F. The Morgan fingerprint density at radius 2 is 1.37 bits per heavy atom. The van der Waals surface area contributed by atoms with Gasteiger partial charge in [0.15, 0.2) is 0 Å². The minimum atomic E-state index is -6.58. The molecule has 0 aromatic heterocycles. The summed E-state index contributed by atoms with van der Waals surface area (Å²) in [5.74, 6) is 0. The Kier molecular flexibility index (Phi) is 7.54. The van der Waals surface area contributed by atoms with Crippen molar-refractivity contribution in [2.75, 3.05) is 34.3 Å². The van der Waals surface area contributed by atoms with Crippen LogP contribution >= 0.6 is 0 Å². The molecule has 0 spiro atoms. The molecule has 0 amide bonds. The van der Waals surface area contributed by atoms with Gasteiger partial charge in [-0.2, -0.15) is 26.3 Å². The first-order chi connectivity index (χ1) is 15.7. The van der Waals surface area contributed by atoms with Crippen LogP contribution in [0.4, 0.5) is 26.3 Å². The van der Waals surface area contributed by atoms with E-state index in [1.54, 1.807) is 0 Å². The fourth-order valence-electron chi connectivity index (χ4n) is 3.06. The lowest BCUT2D eigenvalue weighted by Gasteiger charge is -2.23. The molecule has 0 aliphatic heterocycles. The molecule has 0 fully saturated rings. The Hall–Kier alpha value is -2.49. The second kappa shape index (κ2) is 9.19. The largest absolute Gasteiger partial charge is 0.502 e. The number of aliphatic hydroxyl groups excluding tert-OH is 1. The number of fused-ring (bicyclic) bond motifs is 3. The maximum atomic E-state index is 13.0. The topological polar surface area (TPSA) is 112 Å². The van der Waals surface area contributed by atoms with Crippen LogP contribution in [0, 0.1) is 5.41 Å². The summed E-state index contributed by atoms with van der Waals surface area (Å²) in [5.41, 5.74) is -13.9. The first-order valence-electron chi connectivity index (χ1n) is 9.57. The third-order valence-electron chi connectivity index (χ3n) is 4.78. The van der Waals surface area contributed by atoms with Crippen molar-refractivity contribution in [3.8, 4) is 0 Å². The Labute approximate surface area is 197 Å². The van der Waals surface area contributed by atoms with E-state index in [1.807, 2.05) is 0 Å². The summed E-state index contributed by atoms with van der Waals surface area (Å²) in [7, 11) is -6.93. The number of nitrogens with zero attached hydrogens (tertiary/aromatic N) is 1. The number of sulfone groups is 2. The molecule has 0 atom stereocenters. The number of halogens is 6. The Bertz CT molecular complexity index is 1350. The van der Waals surface area contributed by atoms with E-state index >= 15 is 0 Å². The van der Waals surface area contributed by atoms with Crippen LogP contribution in [0.25, 0.3) is 11.6 Å². The van der Waals surface area contributed by atoms with Crippen LogP contribution in [0.1, 0.15) is 11.1 Å². The smallest absolute Gasteiger partial charge is 0.391 e. The predicted octanol–water partition coefficient (Wildman–Crippen LogP) is 3.27. The lowest BCUT2D eigenvalue weighted by molar-refractivity contribution is -0.870. The van der Waals surface area contributed by atoms with Crippen LogP contribution in [0.2, 0.25) is 0 Å². The standard InChI is InChI=1S/C15H7F6NO4S2.C5H14NO/c16-14(17,18)27(23,24)11-6-9-8-4-2-1-3-7(8)5-10(9)12(22)13(11)28(25,26)15(19,20)21;1-6(2,3)4-5-7/h1-6,22H;7H,4-5H2,1-3H3/q;+1. The van der Waals surface area contributed by atoms with E-state index in [4.69, 9.17) is 10.5 Å². The van der Waals surface area contributed by atoms with Crippen molar-refractivity contribution >= 4 is 37.0 Å². The number of rotatable bonds is 4. The molecule has 1 aromatic carbocycles. The zero-order valence-corrected chi connectivity index (χ0v) is 20.1. The third-order valence-corrected chi connectivity index (χ3v) is 7.99. The van der Waals surface area contributed by atoms with Crippen molar-refractivity contribution in [2.45, 2.75) is 11.0 Å². The Morgan fingerprint density at radius 1 is 0.857 bits per heavy atom. The number of alkyl halides is 6. The number of likely N-dealkylation sites (N-methyl/N-ethyl adjacent to an activating group) is 1. The van der Waals surface area contributed by atoms with E-state index in [1.165, 1.54) is 24.3 Å². The van der Waals surface area contributed by atoms with Crippen molar-refractivity contribution in [1.29, 1.82) is 5.41 Å². The number of aliphatic hydroxyl groups is 1. The molecule has 0 bridgehead atoms. The maximum absolute atomic E-state index is 13.0. The van der Waals surface area contributed by atoms with Crippen LogP contribution in [-0.4, -0.2) is 77.4 Å². The molecule has 1 aromatic rings. The van der Waals surface area contributed by atoms with Gasteiger partial charge in [0.05, 0.1) is 38.4 Å².